The van der Waals surface area contributed by atoms with Gasteiger partial charge in [-0.15, -0.1) is 11.3 Å². The number of hydrogen-bond acceptors (Lipinski definition) is 10. The van der Waals surface area contributed by atoms with E-state index in [9.17, 15) is 19.2 Å². The maximum absolute atomic E-state index is 13.0. The lowest BCUT2D eigenvalue weighted by atomic mass is 10.0. The molecule has 2 aliphatic rings. The molecule has 1 saturated heterocycles. The molecular formula is C25H25N3O7S2. The van der Waals surface area contributed by atoms with Gasteiger partial charge in [0.1, 0.15) is 16.3 Å². The Balaban J connectivity index is 1.81. The summed E-state index contributed by atoms with van der Waals surface area (Å²) in [5, 5.41) is 0.253. The van der Waals surface area contributed by atoms with Crippen LogP contribution in [0.2, 0.25) is 0 Å². The maximum Gasteiger partial charge on any atom is 0.410 e. The first-order valence-electron chi connectivity index (χ1n) is 11.6. The SMILES string of the molecule is CCOC(=O)c1c(/N=C2\SC(=O)/C(=C\C(=O)OC)N2c2ccccc2)sc2c1CCN(C(=O)OCC)C2. The molecule has 0 radical (unpaired) electrons. The molecule has 1 fully saturated rings. The highest BCUT2D eigenvalue weighted by atomic mass is 32.2. The number of esters is 2. The fourth-order valence-electron chi connectivity index (χ4n) is 3.91. The van der Waals surface area contributed by atoms with Crippen molar-refractivity contribution in [1.82, 2.24) is 4.90 Å². The molecular weight excluding hydrogens is 518 g/mol. The minimum atomic E-state index is -0.677. The summed E-state index contributed by atoms with van der Waals surface area (Å²) >= 11 is 2.11. The first-order valence-corrected chi connectivity index (χ1v) is 13.2. The van der Waals surface area contributed by atoms with Gasteiger partial charge in [-0.25, -0.2) is 19.4 Å². The first-order chi connectivity index (χ1) is 17.9. The second-order valence-corrected chi connectivity index (χ2v) is 9.81. The van der Waals surface area contributed by atoms with Crippen molar-refractivity contribution in [3.63, 3.8) is 0 Å². The summed E-state index contributed by atoms with van der Waals surface area (Å²) in [6.45, 7) is 4.58. The van der Waals surface area contributed by atoms with Crippen molar-refractivity contribution in [3.8, 4) is 0 Å². The molecule has 3 heterocycles. The number of methoxy groups -OCH3 is 1. The number of benzene rings is 1. The Morgan fingerprint density at radius 3 is 2.51 bits per heavy atom. The molecule has 2 aliphatic heterocycles. The highest BCUT2D eigenvalue weighted by Crippen LogP contribution is 2.42. The number of ether oxygens (including phenoxy) is 3. The van der Waals surface area contributed by atoms with Crippen LogP contribution in [0.3, 0.4) is 0 Å². The average molecular weight is 544 g/mol. The Morgan fingerprint density at radius 2 is 1.84 bits per heavy atom. The van der Waals surface area contributed by atoms with E-state index in [4.69, 9.17) is 19.2 Å². The third-order valence-corrected chi connectivity index (χ3v) is 7.50. The number of amidine groups is 1. The van der Waals surface area contributed by atoms with Crippen LogP contribution in [0.1, 0.15) is 34.6 Å². The Hall–Kier alpha value is -3.64. The number of carbonyl (C=O) groups is 4. The largest absolute Gasteiger partial charge is 0.466 e. The van der Waals surface area contributed by atoms with E-state index in [0.717, 1.165) is 28.3 Å². The Kier molecular flexibility index (Phi) is 8.29. The summed E-state index contributed by atoms with van der Waals surface area (Å²) < 4.78 is 15.2. The van der Waals surface area contributed by atoms with Gasteiger partial charge in [0, 0.05) is 17.1 Å². The van der Waals surface area contributed by atoms with E-state index in [1.807, 2.05) is 6.07 Å². The molecule has 37 heavy (non-hydrogen) atoms. The number of fused-ring (bicyclic) bond motifs is 1. The quantitative estimate of drug-likeness (QED) is 0.299. The molecule has 10 nitrogen and oxygen atoms in total. The van der Waals surface area contributed by atoms with Gasteiger partial charge in [0.2, 0.25) is 5.12 Å². The van der Waals surface area contributed by atoms with Crippen molar-refractivity contribution in [2.45, 2.75) is 26.8 Å². The minimum Gasteiger partial charge on any atom is -0.466 e. The summed E-state index contributed by atoms with van der Waals surface area (Å²) in [7, 11) is 1.23. The van der Waals surface area contributed by atoms with Crippen molar-refractivity contribution in [2.24, 2.45) is 4.99 Å². The molecule has 0 unspecified atom stereocenters. The zero-order valence-corrected chi connectivity index (χ0v) is 22.1. The highest BCUT2D eigenvalue weighted by molar-refractivity contribution is 8.27. The van der Waals surface area contributed by atoms with Gasteiger partial charge < -0.3 is 19.1 Å². The van der Waals surface area contributed by atoms with Crippen LogP contribution in [0.15, 0.2) is 47.1 Å². The second kappa shape index (κ2) is 11.6. The normalized spacial score (nSPS) is 17.2. The third kappa shape index (κ3) is 5.54. The van der Waals surface area contributed by atoms with Gasteiger partial charge in [0.25, 0.3) is 0 Å². The van der Waals surface area contributed by atoms with E-state index >= 15 is 0 Å². The number of hydrogen-bond donors (Lipinski definition) is 0. The van der Waals surface area contributed by atoms with Crippen molar-refractivity contribution < 1.29 is 33.4 Å². The molecule has 0 aliphatic carbocycles. The van der Waals surface area contributed by atoms with Crippen LogP contribution >= 0.6 is 23.1 Å². The standard InChI is InChI=1S/C25H25N3O7S2/c1-4-34-22(30)20-16-11-12-27(25(32)35-5-2)14-18(16)36-21(20)26-24-28(15-9-7-6-8-10-15)17(23(31)37-24)13-19(29)33-3/h6-10,13H,4-5,11-12,14H2,1-3H3/b17-13+,26-24-. The van der Waals surface area contributed by atoms with E-state index in [0.29, 0.717) is 29.2 Å². The second-order valence-electron chi connectivity index (χ2n) is 7.78. The van der Waals surface area contributed by atoms with Crippen LogP contribution in [0.4, 0.5) is 15.5 Å². The van der Waals surface area contributed by atoms with Gasteiger partial charge in [-0.3, -0.25) is 9.69 Å². The number of nitrogens with zero attached hydrogens (tertiary/aromatic N) is 3. The maximum atomic E-state index is 13.0. The molecule has 194 valence electrons. The van der Waals surface area contributed by atoms with Crippen LogP contribution < -0.4 is 4.90 Å². The molecule has 1 aromatic heterocycles. The molecule has 0 N–H and O–H groups in total. The Labute approximate surface area is 221 Å². The minimum absolute atomic E-state index is 0.0919. The fourth-order valence-corrected chi connectivity index (χ4v) is 6.04. The lowest BCUT2D eigenvalue weighted by Crippen LogP contribution is -2.36. The van der Waals surface area contributed by atoms with Crippen LogP contribution in [-0.2, 0) is 36.8 Å². The predicted octanol–water partition coefficient (Wildman–Crippen LogP) is 4.26. The third-order valence-electron chi connectivity index (χ3n) is 5.54. The van der Waals surface area contributed by atoms with Gasteiger partial charge in [0.15, 0.2) is 5.17 Å². The molecule has 0 bridgehead atoms. The Bertz CT molecular complexity index is 1290. The number of carbonyl (C=O) groups excluding carboxylic acids is 4. The van der Waals surface area contributed by atoms with Crippen LogP contribution in [0.5, 0.6) is 0 Å². The van der Waals surface area contributed by atoms with Crippen molar-refractivity contribution >= 4 is 62.1 Å². The topological polar surface area (TPSA) is 115 Å². The lowest BCUT2D eigenvalue weighted by molar-refractivity contribution is -0.135. The summed E-state index contributed by atoms with van der Waals surface area (Å²) in [6, 6.07) is 8.99. The van der Waals surface area contributed by atoms with Crippen LogP contribution in [0.25, 0.3) is 0 Å². The molecule has 0 atom stereocenters. The monoisotopic (exact) mass is 543 g/mol. The van der Waals surface area contributed by atoms with Gasteiger partial charge in [-0.1, -0.05) is 18.2 Å². The predicted molar refractivity (Wildman–Crippen MR) is 140 cm³/mol. The molecule has 2 aromatic rings. The van der Waals surface area contributed by atoms with E-state index in [-0.39, 0.29) is 35.7 Å². The van der Waals surface area contributed by atoms with E-state index in [1.54, 1.807) is 47.9 Å². The van der Waals surface area contributed by atoms with E-state index in [2.05, 4.69) is 0 Å². The van der Waals surface area contributed by atoms with Gasteiger partial charge in [-0.2, -0.15) is 0 Å². The lowest BCUT2D eigenvalue weighted by Gasteiger charge is -2.26. The number of aliphatic imine (C=N–C) groups is 1. The van der Waals surface area contributed by atoms with E-state index in [1.165, 1.54) is 18.4 Å². The van der Waals surface area contributed by atoms with Crippen molar-refractivity contribution in [2.75, 3.05) is 31.8 Å². The molecule has 4 rings (SSSR count). The fraction of sp³-hybridized carbons (Fsp3) is 0.320. The van der Waals surface area contributed by atoms with E-state index < -0.39 is 18.0 Å². The summed E-state index contributed by atoms with van der Waals surface area (Å²) in [5.74, 6) is -1.20. The number of anilines is 1. The number of para-hydroxylation sites is 1. The number of amides is 1. The zero-order chi connectivity index (χ0) is 26.5. The van der Waals surface area contributed by atoms with Gasteiger partial charge in [0.05, 0.1) is 32.9 Å². The summed E-state index contributed by atoms with van der Waals surface area (Å²) in [4.78, 5) is 58.9. The number of thioether (sulfide) groups is 1. The summed E-state index contributed by atoms with van der Waals surface area (Å²) in [5.41, 5.74) is 1.80. The molecule has 12 heteroatoms. The van der Waals surface area contributed by atoms with Crippen molar-refractivity contribution in [3.05, 3.63) is 58.1 Å². The van der Waals surface area contributed by atoms with Crippen LogP contribution in [0, 0.1) is 0 Å². The Morgan fingerprint density at radius 1 is 1.11 bits per heavy atom. The highest BCUT2D eigenvalue weighted by Gasteiger charge is 2.37. The smallest absolute Gasteiger partial charge is 0.410 e. The molecule has 1 amide bonds. The molecule has 0 saturated carbocycles. The zero-order valence-electron chi connectivity index (χ0n) is 20.5. The van der Waals surface area contributed by atoms with Gasteiger partial charge >= 0.3 is 18.0 Å². The van der Waals surface area contributed by atoms with Crippen molar-refractivity contribution in [1.29, 1.82) is 0 Å². The first kappa shape index (κ1) is 26.4. The molecule has 0 spiro atoms. The number of rotatable bonds is 6. The van der Waals surface area contributed by atoms with Gasteiger partial charge in [-0.05, 0) is 49.7 Å². The molecule has 1 aromatic carbocycles. The average Bonchev–Trinajstić information content (AvgIpc) is 3.40. The number of thiophene rings is 1. The summed E-state index contributed by atoms with van der Waals surface area (Å²) in [6.07, 6.45) is 1.14. The van der Waals surface area contributed by atoms with Crippen LogP contribution in [-0.4, -0.2) is 60.1 Å².